The van der Waals surface area contributed by atoms with Crippen molar-refractivity contribution >= 4 is 21.4 Å². The van der Waals surface area contributed by atoms with E-state index in [0.717, 1.165) is 11.3 Å². The Morgan fingerprint density at radius 1 is 1.56 bits per heavy atom. The Kier molecular flexibility index (Phi) is 3.34. The zero-order valence-electron chi connectivity index (χ0n) is 9.36. The first kappa shape index (κ1) is 12.0. The fraction of sp³-hybridized carbons (Fsp3) is 0.600. The summed E-state index contributed by atoms with van der Waals surface area (Å²) in [6, 6.07) is 1.87. The molecule has 1 saturated carbocycles. The molecule has 1 aromatic heterocycles. The van der Waals surface area contributed by atoms with Crippen molar-refractivity contribution in [2.45, 2.75) is 30.8 Å². The monoisotopic (exact) mass is 260 g/mol. The van der Waals surface area contributed by atoms with E-state index in [1.165, 1.54) is 11.3 Å². The maximum Gasteiger partial charge on any atom is 0.241 e. The zero-order valence-corrected chi connectivity index (χ0v) is 11.0. The van der Waals surface area contributed by atoms with Gasteiger partial charge in [-0.15, -0.1) is 11.3 Å². The molecule has 0 aliphatic heterocycles. The van der Waals surface area contributed by atoms with Gasteiger partial charge >= 0.3 is 0 Å². The molecule has 16 heavy (non-hydrogen) atoms. The quantitative estimate of drug-likeness (QED) is 0.835. The van der Waals surface area contributed by atoms with Gasteiger partial charge in [-0.05, 0) is 25.5 Å². The molecular weight excluding hydrogens is 244 g/mol. The van der Waals surface area contributed by atoms with Crippen molar-refractivity contribution in [3.8, 4) is 0 Å². The minimum atomic E-state index is -3.29. The molecule has 2 rings (SSSR count). The van der Waals surface area contributed by atoms with Crippen molar-refractivity contribution in [2.24, 2.45) is 5.92 Å². The van der Waals surface area contributed by atoms with Crippen molar-refractivity contribution in [1.29, 1.82) is 0 Å². The average molecular weight is 260 g/mol. The number of hydrogen-bond acceptors (Lipinski definition) is 4. The van der Waals surface area contributed by atoms with E-state index in [4.69, 9.17) is 0 Å². The van der Waals surface area contributed by atoms with Gasteiger partial charge in [0.1, 0.15) is 0 Å². The van der Waals surface area contributed by atoms with Gasteiger partial charge in [0, 0.05) is 22.8 Å². The predicted molar refractivity (Wildman–Crippen MR) is 65.0 cm³/mol. The van der Waals surface area contributed by atoms with Crippen LogP contribution in [0.2, 0.25) is 0 Å². The number of rotatable bonds is 5. The third-order valence-electron chi connectivity index (χ3n) is 2.71. The van der Waals surface area contributed by atoms with Gasteiger partial charge in [-0.3, -0.25) is 0 Å². The van der Waals surface area contributed by atoms with E-state index in [1.54, 1.807) is 11.4 Å². The molecule has 0 spiro atoms. The number of thiophene rings is 1. The molecule has 0 aromatic carbocycles. The SMILES string of the molecule is CNCc1cc(S(=O)(=O)NC2CC2C)cs1. The van der Waals surface area contributed by atoms with E-state index in [2.05, 4.69) is 10.0 Å². The first-order valence-corrected chi connectivity index (χ1v) is 7.63. The Morgan fingerprint density at radius 2 is 2.25 bits per heavy atom. The normalized spacial score (nSPS) is 24.6. The van der Waals surface area contributed by atoms with Crippen molar-refractivity contribution in [1.82, 2.24) is 10.0 Å². The number of hydrogen-bond donors (Lipinski definition) is 2. The predicted octanol–water partition coefficient (Wildman–Crippen LogP) is 1.15. The summed E-state index contributed by atoms with van der Waals surface area (Å²) in [5.74, 6) is 0.477. The first-order valence-electron chi connectivity index (χ1n) is 5.27. The summed E-state index contributed by atoms with van der Waals surface area (Å²) in [7, 11) is -1.45. The minimum Gasteiger partial charge on any atom is -0.315 e. The molecule has 90 valence electrons. The smallest absolute Gasteiger partial charge is 0.241 e. The van der Waals surface area contributed by atoms with Crippen LogP contribution >= 0.6 is 11.3 Å². The highest BCUT2D eigenvalue weighted by atomic mass is 32.2. The molecule has 2 atom stereocenters. The van der Waals surface area contributed by atoms with Crippen LogP contribution in [0, 0.1) is 5.92 Å². The Labute approximate surface area is 100 Å². The van der Waals surface area contributed by atoms with Crippen LogP contribution in [-0.2, 0) is 16.6 Å². The highest BCUT2D eigenvalue weighted by Gasteiger charge is 2.36. The van der Waals surface area contributed by atoms with Gasteiger partial charge in [0.15, 0.2) is 0 Å². The minimum absolute atomic E-state index is 0.137. The lowest BCUT2D eigenvalue weighted by Crippen LogP contribution is -2.26. The lowest BCUT2D eigenvalue weighted by Gasteiger charge is -2.02. The summed E-state index contributed by atoms with van der Waals surface area (Å²) in [5.41, 5.74) is 0. The molecular formula is C10H16N2O2S2. The average Bonchev–Trinajstić information content (AvgIpc) is 2.71. The van der Waals surface area contributed by atoms with Crippen LogP contribution in [-0.4, -0.2) is 21.5 Å². The Morgan fingerprint density at radius 3 is 2.81 bits per heavy atom. The molecule has 1 aliphatic carbocycles. The van der Waals surface area contributed by atoms with Gasteiger partial charge in [-0.1, -0.05) is 6.92 Å². The standard InChI is InChI=1S/C10H16N2O2S2/c1-7-3-10(7)12-16(13,14)9-4-8(5-11-2)15-6-9/h4,6-7,10-12H,3,5H2,1-2H3. The molecule has 4 nitrogen and oxygen atoms in total. The zero-order chi connectivity index (χ0) is 11.8. The van der Waals surface area contributed by atoms with Crippen LogP contribution in [0.15, 0.2) is 16.3 Å². The highest BCUT2D eigenvalue weighted by molar-refractivity contribution is 7.89. The summed E-state index contributed by atoms with van der Waals surface area (Å²) in [6.07, 6.45) is 0.951. The van der Waals surface area contributed by atoms with Crippen molar-refractivity contribution < 1.29 is 8.42 Å². The molecule has 2 unspecified atom stereocenters. The molecule has 1 aromatic rings. The first-order chi connectivity index (χ1) is 7.53. The molecule has 0 radical (unpaired) electrons. The van der Waals surface area contributed by atoms with Gasteiger partial charge in [-0.2, -0.15) is 0 Å². The third-order valence-corrected chi connectivity index (χ3v) is 5.26. The van der Waals surface area contributed by atoms with E-state index >= 15 is 0 Å². The fourth-order valence-electron chi connectivity index (χ4n) is 1.52. The third kappa shape index (κ3) is 2.63. The van der Waals surface area contributed by atoms with Crippen LogP contribution < -0.4 is 10.0 Å². The Bertz CT molecular complexity index is 467. The second-order valence-corrected chi connectivity index (χ2v) is 6.93. The van der Waals surface area contributed by atoms with Crippen LogP contribution in [0.1, 0.15) is 18.2 Å². The summed E-state index contributed by atoms with van der Waals surface area (Å²) in [6.45, 7) is 2.76. The molecule has 0 saturated heterocycles. The maximum absolute atomic E-state index is 11.9. The lowest BCUT2D eigenvalue weighted by atomic mass is 10.5. The molecule has 2 N–H and O–H groups in total. The lowest BCUT2D eigenvalue weighted by molar-refractivity contribution is 0.578. The summed E-state index contributed by atoms with van der Waals surface area (Å²) in [5, 5.41) is 4.70. The number of sulfonamides is 1. The van der Waals surface area contributed by atoms with Gasteiger partial charge in [0.25, 0.3) is 0 Å². The van der Waals surface area contributed by atoms with E-state index in [1.807, 2.05) is 14.0 Å². The van der Waals surface area contributed by atoms with E-state index in [9.17, 15) is 8.42 Å². The maximum atomic E-state index is 11.9. The molecule has 6 heteroatoms. The van der Waals surface area contributed by atoms with E-state index < -0.39 is 10.0 Å². The second kappa shape index (κ2) is 4.44. The van der Waals surface area contributed by atoms with Gasteiger partial charge in [0.2, 0.25) is 10.0 Å². The molecule has 1 fully saturated rings. The summed E-state index contributed by atoms with van der Waals surface area (Å²) >= 11 is 1.47. The molecule has 0 bridgehead atoms. The molecule has 1 heterocycles. The van der Waals surface area contributed by atoms with Crippen LogP contribution in [0.4, 0.5) is 0 Å². The Balaban J connectivity index is 2.09. The largest absolute Gasteiger partial charge is 0.315 e. The summed E-state index contributed by atoms with van der Waals surface area (Å²) < 4.78 is 26.6. The van der Waals surface area contributed by atoms with E-state index in [-0.39, 0.29) is 6.04 Å². The van der Waals surface area contributed by atoms with Crippen molar-refractivity contribution in [2.75, 3.05) is 7.05 Å². The van der Waals surface area contributed by atoms with Gasteiger partial charge in [-0.25, -0.2) is 13.1 Å². The fourth-order valence-corrected chi connectivity index (χ4v) is 4.17. The molecule has 0 amide bonds. The summed E-state index contributed by atoms with van der Waals surface area (Å²) in [4.78, 5) is 1.42. The van der Waals surface area contributed by atoms with Crippen LogP contribution in [0.25, 0.3) is 0 Å². The van der Waals surface area contributed by atoms with Gasteiger partial charge in [0.05, 0.1) is 4.90 Å². The second-order valence-electron chi connectivity index (χ2n) is 4.22. The molecule has 1 aliphatic rings. The van der Waals surface area contributed by atoms with Gasteiger partial charge < -0.3 is 5.32 Å². The Hall–Kier alpha value is -0.430. The topological polar surface area (TPSA) is 58.2 Å². The number of nitrogens with one attached hydrogen (secondary N) is 2. The van der Waals surface area contributed by atoms with Crippen molar-refractivity contribution in [3.63, 3.8) is 0 Å². The van der Waals surface area contributed by atoms with Crippen LogP contribution in [0.5, 0.6) is 0 Å². The van der Waals surface area contributed by atoms with E-state index in [0.29, 0.717) is 17.4 Å². The highest BCUT2D eigenvalue weighted by Crippen LogP contribution is 2.31. The van der Waals surface area contributed by atoms with Crippen molar-refractivity contribution in [3.05, 3.63) is 16.3 Å². The van der Waals surface area contributed by atoms with Crippen LogP contribution in [0.3, 0.4) is 0 Å².